The van der Waals surface area contributed by atoms with E-state index < -0.39 is 5.97 Å². The summed E-state index contributed by atoms with van der Waals surface area (Å²) in [5.41, 5.74) is 3.97. The molecule has 0 unspecified atom stereocenters. The number of aromatic nitrogens is 2. The predicted octanol–water partition coefficient (Wildman–Crippen LogP) is 3.27. The lowest BCUT2D eigenvalue weighted by Gasteiger charge is -2.03. The van der Waals surface area contributed by atoms with E-state index in [1.807, 2.05) is 38.2 Å². The van der Waals surface area contributed by atoms with Gasteiger partial charge < -0.3 is 5.11 Å². The van der Waals surface area contributed by atoms with Crippen LogP contribution in [0.5, 0.6) is 0 Å². The monoisotopic (exact) mass is 322 g/mol. The van der Waals surface area contributed by atoms with Crippen molar-refractivity contribution < 1.29 is 9.90 Å². The number of carboxylic acids is 1. The number of hydrogen-bond acceptors (Lipinski definition) is 2. The molecular formula is C14H15BrN2O2. The van der Waals surface area contributed by atoms with Crippen molar-refractivity contribution in [2.75, 3.05) is 0 Å². The van der Waals surface area contributed by atoms with E-state index in [9.17, 15) is 4.79 Å². The van der Waals surface area contributed by atoms with Crippen molar-refractivity contribution in [3.63, 3.8) is 0 Å². The minimum Gasteiger partial charge on any atom is -0.481 e. The van der Waals surface area contributed by atoms with Crippen molar-refractivity contribution in [1.82, 2.24) is 9.78 Å². The van der Waals surface area contributed by atoms with Crippen LogP contribution in [0.1, 0.15) is 23.2 Å². The van der Waals surface area contributed by atoms with E-state index in [0.717, 1.165) is 21.4 Å². The Balaban J connectivity index is 2.28. The van der Waals surface area contributed by atoms with E-state index in [-0.39, 0.29) is 6.42 Å². The van der Waals surface area contributed by atoms with Crippen molar-refractivity contribution in [3.05, 3.63) is 45.7 Å². The third-order valence-electron chi connectivity index (χ3n) is 3.03. The largest absolute Gasteiger partial charge is 0.481 e. The molecule has 0 bridgehead atoms. The van der Waals surface area contributed by atoms with Crippen molar-refractivity contribution in [2.45, 2.75) is 26.7 Å². The van der Waals surface area contributed by atoms with Gasteiger partial charge in [-0.3, -0.25) is 4.79 Å². The average molecular weight is 323 g/mol. The highest BCUT2D eigenvalue weighted by molar-refractivity contribution is 9.10. The Hall–Kier alpha value is -1.62. The number of aliphatic carboxylic acids is 1. The van der Waals surface area contributed by atoms with Gasteiger partial charge in [-0.05, 0) is 43.5 Å². The molecule has 4 nitrogen and oxygen atoms in total. The fourth-order valence-corrected chi connectivity index (χ4v) is 2.21. The van der Waals surface area contributed by atoms with Gasteiger partial charge >= 0.3 is 5.97 Å². The fourth-order valence-electron chi connectivity index (χ4n) is 1.84. The Morgan fingerprint density at radius 1 is 1.42 bits per heavy atom. The van der Waals surface area contributed by atoms with Gasteiger partial charge in [-0.1, -0.05) is 22.0 Å². The van der Waals surface area contributed by atoms with Gasteiger partial charge in [-0.15, -0.1) is 0 Å². The minimum atomic E-state index is -0.787. The van der Waals surface area contributed by atoms with E-state index in [1.165, 1.54) is 5.56 Å². The Morgan fingerprint density at radius 3 is 2.79 bits per heavy atom. The van der Waals surface area contributed by atoms with Gasteiger partial charge in [-0.25, -0.2) is 4.68 Å². The molecule has 0 aliphatic heterocycles. The number of benzene rings is 1. The molecule has 2 aromatic rings. The smallest absolute Gasteiger partial charge is 0.303 e. The zero-order valence-electron chi connectivity index (χ0n) is 10.9. The summed E-state index contributed by atoms with van der Waals surface area (Å²) in [5.74, 6) is -0.787. The summed E-state index contributed by atoms with van der Waals surface area (Å²) < 4.78 is 2.82. The van der Waals surface area contributed by atoms with Crippen LogP contribution in [-0.4, -0.2) is 20.9 Å². The van der Waals surface area contributed by atoms with Gasteiger partial charge in [0.25, 0.3) is 0 Å². The van der Waals surface area contributed by atoms with Crippen molar-refractivity contribution in [2.24, 2.45) is 0 Å². The van der Waals surface area contributed by atoms with Crippen molar-refractivity contribution in [1.29, 1.82) is 0 Å². The first-order valence-electron chi connectivity index (χ1n) is 6.01. The normalized spacial score (nSPS) is 10.7. The molecule has 0 saturated heterocycles. The molecular weight excluding hydrogens is 308 g/mol. The SMILES string of the molecule is Cc1ccc(-n2cc(CCC(=O)O)c(C)n2)cc1Br. The molecule has 0 radical (unpaired) electrons. The Kier molecular flexibility index (Phi) is 4.04. The number of aryl methyl sites for hydroxylation is 3. The maximum Gasteiger partial charge on any atom is 0.303 e. The second kappa shape index (κ2) is 5.57. The lowest BCUT2D eigenvalue weighted by molar-refractivity contribution is -0.136. The molecule has 100 valence electrons. The third-order valence-corrected chi connectivity index (χ3v) is 3.88. The number of hydrogen-bond donors (Lipinski definition) is 1. The summed E-state index contributed by atoms with van der Waals surface area (Å²) in [6.45, 7) is 3.93. The Labute approximate surface area is 120 Å². The van der Waals surface area contributed by atoms with Crippen LogP contribution in [0, 0.1) is 13.8 Å². The van der Waals surface area contributed by atoms with E-state index in [0.29, 0.717) is 6.42 Å². The van der Waals surface area contributed by atoms with E-state index in [1.54, 1.807) is 4.68 Å². The predicted molar refractivity (Wildman–Crippen MR) is 76.7 cm³/mol. The number of carbonyl (C=O) groups is 1. The average Bonchev–Trinajstić information content (AvgIpc) is 2.71. The molecule has 1 aromatic heterocycles. The van der Waals surface area contributed by atoms with Gasteiger partial charge in [0, 0.05) is 17.1 Å². The maximum atomic E-state index is 10.6. The van der Waals surface area contributed by atoms with Crippen LogP contribution in [0.3, 0.4) is 0 Å². The van der Waals surface area contributed by atoms with E-state index >= 15 is 0 Å². The van der Waals surface area contributed by atoms with E-state index in [2.05, 4.69) is 21.0 Å². The first-order chi connectivity index (χ1) is 8.97. The lowest BCUT2D eigenvalue weighted by atomic mass is 10.1. The number of carboxylic acid groups (broad SMARTS) is 1. The highest BCUT2D eigenvalue weighted by Gasteiger charge is 2.09. The topological polar surface area (TPSA) is 55.1 Å². The first-order valence-corrected chi connectivity index (χ1v) is 6.80. The molecule has 0 aliphatic rings. The molecule has 1 aromatic carbocycles. The molecule has 19 heavy (non-hydrogen) atoms. The van der Waals surface area contributed by atoms with Crippen molar-refractivity contribution >= 4 is 21.9 Å². The molecule has 5 heteroatoms. The van der Waals surface area contributed by atoms with Gasteiger partial charge in [0.2, 0.25) is 0 Å². The van der Waals surface area contributed by atoms with Gasteiger partial charge in [-0.2, -0.15) is 5.10 Å². The zero-order valence-corrected chi connectivity index (χ0v) is 12.4. The third kappa shape index (κ3) is 3.23. The van der Waals surface area contributed by atoms with Crippen LogP contribution in [0.4, 0.5) is 0 Å². The lowest BCUT2D eigenvalue weighted by Crippen LogP contribution is -1.97. The Bertz CT molecular complexity index is 620. The molecule has 0 saturated carbocycles. The fraction of sp³-hybridized carbons (Fsp3) is 0.286. The Morgan fingerprint density at radius 2 is 2.16 bits per heavy atom. The molecule has 0 amide bonds. The van der Waals surface area contributed by atoms with Crippen LogP contribution in [-0.2, 0) is 11.2 Å². The number of nitrogens with zero attached hydrogens (tertiary/aromatic N) is 2. The molecule has 1 heterocycles. The van der Waals surface area contributed by atoms with Gasteiger partial charge in [0.05, 0.1) is 11.4 Å². The summed E-state index contributed by atoms with van der Waals surface area (Å²) in [7, 11) is 0. The summed E-state index contributed by atoms with van der Waals surface area (Å²) in [4.78, 5) is 10.6. The summed E-state index contributed by atoms with van der Waals surface area (Å²) in [5, 5.41) is 13.2. The van der Waals surface area contributed by atoms with E-state index in [4.69, 9.17) is 5.11 Å². The molecule has 1 N–H and O–H groups in total. The van der Waals surface area contributed by atoms with Crippen LogP contribution in [0.15, 0.2) is 28.9 Å². The summed E-state index contributed by atoms with van der Waals surface area (Å²) in [6, 6.07) is 6.02. The molecule has 2 rings (SSSR count). The summed E-state index contributed by atoms with van der Waals surface area (Å²) >= 11 is 3.50. The number of rotatable bonds is 4. The van der Waals surface area contributed by atoms with Crippen LogP contribution < -0.4 is 0 Å². The second-order valence-corrected chi connectivity index (χ2v) is 5.37. The molecule has 0 spiro atoms. The van der Waals surface area contributed by atoms with Crippen LogP contribution >= 0.6 is 15.9 Å². The minimum absolute atomic E-state index is 0.129. The number of halogens is 1. The highest BCUT2D eigenvalue weighted by Crippen LogP contribution is 2.21. The second-order valence-electron chi connectivity index (χ2n) is 4.51. The first kappa shape index (κ1) is 13.8. The molecule has 0 aliphatic carbocycles. The van der Waals surface area contributed by atoms with Gasteiger partial charge in [0.1, 0.15) is 0 Å². The van der Waals surface area contributed by atoms with Crippen LogP contribution in [0.25, 0.3) is 5.69 Å². The zero-order chi connectivity index (χ0) is 14.0. The van der Waals surface area contributed by atoms with Crippen molar-refractivity contribution in [3.8, 4) is 5.69 Å². The highest BCUT2D eigenvalue weighted by atomic mass is 79.9. The maximum absolute atomic E-state index is 10.6. The molecule has 0 atom stereocenters. The van der Waals surface area contributed by atoms with Gasteiger partial charge in [0.15, 0.2) is 0 Å². The quantitative estimate of drug-likeness (QED) is 0.939. The van der Waals surface area contributed by atoms with Crippen LogP contribution in [0.2, 0.25) is 0 Å². The standard InChI is InChI=1S/C14H15BrN2O2/c1-9-3-5-12(7-13(9)15)17-8-11(10(2)16-17)4-6-14(18)19/h3,5,7-8H,4,6H2,1-2H3,(H,18,19). The summed E-state index contributed by atoms with van der Waals surface area (Å²) in [6.07, 6.45) is 2.54. The molecule has 0 fully saturated rings.